The molecule has 0 spiro atoms. The number of ketones is 1. The van der Waals surface area contributed by atoms with E-state index >= 15 is 0 Å². The van der Waals surface area contributed by atoms with Gasteiger partial charge in [0.15, 0.2) is 23.2 Å². The normalized spacial score (nSPS) is 11.9. The fourth-order valence-corrected chi connectivity index (χ4v) is 4.52. The summed E-state index contributed by atoms with van der Waals surface area (Å²) in [4.78, 5) is 47.1. The van der Waals surface area contributed by atoms with Gasteiger partial charge < -0.3 is 25.4 Å². The minimum absolute atomic E-state index is 0.0837. The number of aromatic carboxylic acids is 1. The second-order valence-electron chi connectivity index (χ2n) is 8.68. The van der Waals surface area contributed by atoms with E-state index < -0.39 is 97.9 Å². The number of carboxylic acids is 2. The predicted octanol–water partition coefficient (Wildman–Crippen LogP) is 2.35. The Balaban J connectivity index is 1.66. The van der Waals surface area contributed by atoms with Crippen molar-refractivity contribution in [3.63, 3.8) is 0 Å². The third-order valence-electron chi connectivity index (χ3n) is 5.69. The van der Waals surface area contributed by atoms with Gasteiger partial charge in [0.2, 0.25) is 21.7 Å². The fraction of sp³-hybridized carbons (Fsp3) is 0.154. The Morgan fingerprint density at radius 1 is 0.884 bits per heavy atom. The number of hydrogen-bond acceptors (Lipinski definition) is 8. The number of hydrogen-bond donors (Lipinski definition) is 5. The number of Topliss-reactive ketones (excluding diaryl/α,β-unsaturated/α-hetero) is 1. The maximum atomic E-state index is 13.8. The summed E-state index contributed by atoms with van der Waals surface area (Å²) in [6.45, 7) is -1.58. The summed E-state index contributed by atoms with van der Waals surface area (Å²) in [6.07, 6.45) is -0.989. The SMILES string of the molecule is O=C(O)C[C@H](NC(=O)c1ccc(CNS(=O)(=O)c2ccc(O)c(C(=O)O)c2)cc1)C(=O)COc1c(F)c(F)cc(F)c1F. The summed E-state index contributed by atoms with van der Waals surface area (Å²) in [5.74, 6) is -14.9. The minimum Gasteiger partial charge on any atom is -0.507 e. The Morgan fingerprint density at radius 3 is 2.05 bits per heavy atom. The van der Waals surface area contributed by atoms with Crippen LogP contribution >= 0.6 is 0 Å². The summed E-state index contributed by atoms with van der Waals surface area (Å²) in [6, 6.07) is 5.77. The number of halogens is 4. The molecule has 12 nitrogen and oxygen atoms in total. The number of ether oxygens (including phenoxy) is 1. The quantitative estimate of drug-likeness (QED) is 0.138. The largest absolute Gasteiger partial charge is 0.507 e. The number of carbonyl (C=O) groups is 4. The van der Waals surface area contributed by atoms with Crippen LogP contribution in [-0.4, -0.2) is 60.0 Å². The van der Waals surface area contributed by atoms with E-state index in [0.29, 0.717) is 5.56 Å². The molecule has 0 radical (unpaired) electrons. The lowest BCUT2D eigenvalue weighted by Gasteiger charge is -2.17. The molecule has 0 saturated carbocycles. The van der Waals surface area contributed by atoms with Gasteiger partial charge in [-0.05, 0) is 35.9 Å². The van der Waals surface area contributed by atoms with Gasteiger partial charge in [-0.25, -0.2) is 26.7 Å². The number of aliphatic carboxylic acids is 1. The number of amides is 1. The number of aromatic hydroxyl groups is 1. The highest BCUT2D eigenvalue weighted by molar-refractivity contribution is 7.89. The molecule has 0 heterocycles. The number of carbonyl (C=O) groups excluding carboxylic acids is 2. The minimum atomic E-state index is -4.23. The standard InChI is InChI=1S/C26H20F4N2O10S/c27-16-8-17(28)23(30)24(22(16)29)42-11-20(34)18(9-21(35)36)32-25(37)13-3-1-12(2-4-13)10-31-43(40,41)14-5-6-19(33)15(7-14)26(38)39/h1-8,18,31,33H,9-11H2,(H,32,37)(H,35,36)(H,38,39)/t18-/m0/s1. The highest BCUT2D eigenvalue weighted by Crippen LogP contribution is 2.26. The number of rotatable bonds is 13. The molecular weight excluding hydrogens is 608 g/mol. The number of sulfonamides is 1. The molecule has 1 amide bonds. The van der Waals surface area contributed by atoms with E-state index in [2.05, 4.69) is 14.8 Å². The van der Waals surface area contributed by atoms with Gasteiger partial charge >= 0.3 is 11.9 Å². The van der Waals surface area contributed by atoms with Gasteiger partial charge in [-0.1, -0.05) is 12.1 Å². The molecule has 228 valence electrons. The fourth-order valence-electron chi connectivity index (χ4n) is 3.47. The molecule has 3 rings (SSSR count). The number of benzene rings is 3. The molecular formula is C26H20F4N2O10S. The van der Waals surface area contributed by atoms with Crippen LogP contribution in [0.15, 0.2) is 53.4 Å². The molecule has 0 fully saturated rings. The van der Waals surface area contributed by atoms with Crippen LogP contribution in [0.4, 0.5) is 17.6 Å². The summed E-state index contributed by atoms with van der Waals surface area (Å²) >= 11 is 0. The van der Waals surface area contributed by atoms with Crippen LogP contribution in [0.1, 0.15) is 32.7 Å². The molecule has 17 heteroatoms. The van der Waals surface area contributed by atoms with Crippen molar-refractivity contribution < 1.29 is 65.2 Å². The van der Waals surface area contributed by atoms with Crippen molar-refractivity contribution in [3.05, 3.63) is 88.5 Å². The zero-order chi connectivity index (χ0) is 32.1. The first kappa shape index (κ1) is 32.5. The molecule has 0 saturated heterocycles. The topological polar surface area (TPSA) is 196 Å². The van der Waals surface area contributed by atoms with Gasteiger partial charge in [0, 0.05) is 18.2 Å². The van der Waals surface area contributed by atoms with E-state index in [1.165, 1.54) is 24.3 Å². The summed E-state index contributed by atoms with van der Waals surface area (Å²) in [5.41, 5.74) is -0.438. The monoisotopic (exact) mass is 628 g/mol. The molecule has 5 N–H and O–H groups in total. The van der Waals surface area contributed by atoms with Crippen molar-refractivity contribution >= 4 is 33.7 Å². The van der Waals surface area contributed by atoms with Crippen LogP contribution in [-0.2, 0) is 26.2 Å². The van der Waals surface area contributed by atoms with Crippen molar-refractivity contribution in [3.8, 4) is 11.5 Å². The molecule has 3 aromatic carbocycles. The second kappa shape index (κ2) is 13.3. The highest BCUT2D eigenvalue weighted by Gasteiger charge is 2.27. The van der Waals surface area contributed by atoms with Crippen molar-refractivity contribution in [2.45, 2.75) is 23.9 Å². The first-order chi connectivity index (χ1) is 20.1. The Labute approximate surface area is 239 Å². The van der Waals surface area contributed by atoms with Gasteiger partial charge in [-0.15, -0.1) is 0 Å². The van der Waals surface area contributed by atoms with Gasteiger partial charge in [0.25, 0.3) is 5.91 Å². The van der Waals surface area contributed by atoms with Gasteiger partial charge in [-0.3, -0.25) is 14.4 Å². The van der Waals surface area contributed by atoms with Gasteiger partial charge in [0.1, 0.15) is 24.0 Å². The van der Waals surface area contributed by atoms with Gasteiger partial charge in [-0.2, -0.15) is 8.78 Å². The van der Waals surface area contributed by atoms with E-state index in [4.69, 9.17) is 10.2 Å². The van der Waals surface area contributed by atoms with E-state index in [0.717, 1.165) is 18.2 Å². The molecule has 0 unspecified atom stereocenters. The van der Waals surface area contributed by atoms with E-state index in [9.17, 15) is 50.3 Å². The molecule has 0 aliphatic heterocycles. The molecule has 0 aromatic heterocycles. The lowest BCUT2D eigenvalue weighted by molar-refractivity contribution is -0.139. The lowest BCUT2D eigenvalue weighted by atomic mass is 10.1. The number of phenols is 1. The first-order valence-corrected chi connectivity index (χ1v) is 13.2. The van der Waals surface area contributed by atoms with Crippen molar-refractivity contribution in [1.29, 1.82) is 0 Å². The van der Waals surface area contributed by atoms with Crippen LogP contribution < -0.4 is 14.8 Å². The third-order valence-corrected chi connectivity index (χ3v) is 7.09. The van der Waals surface area contributed by atoms with Gasteiger partial charge in [0.05, 0.1) is 11.3 Å². The van der Waals surface area contributed by atoms with Crippen molar-refractivity contribution in [2.24, 2.45) is 0 Å². The van der Waals surface area contributed by atoms with Crippen LogP contribution in [0.5, 0.6) is 11.5 Å². The Hall–Kier alpha value is -5.03. The highest BCUT2D eigenvalue weighted by atomic mass is 32.2. The summed E-state index contributed by atoms with van der Waals surface area (Å²) in [7, 11) is -4.23. The number of nitrogens with one attached hydrogen (secondary N) is 2. The van der Waals surface area contributed by atoms with Crippen LogP contribution in [0, 0.1) is 23.3 Å². The molecule has 0 aliphatic carbocycles. The second-order valence-corrected chi connectivity index (χ2v) is 10.4. The maximum absolute atomic E-state index is 13.8. The van der Waals surface area contributed by atoms with E-state index in [1.54, 1.807) is 0 Å². The average Bonchev–Trinajstić information content (AvgIpc) is 2.94. The maximum Gasteiger partial charge on any atom is 0.339 e. The van der Waals surface area contributed by atoms with E-state index in [-0.39, 0.29) is 18.2 Å². The summed E-state index contributed by atoms with van der Waals surface area (Å²) in [5, 5.41) is 29.8. The molecule has 0 aliphatic rings. The molecule has 1 atom stereocenters. The van der Waals surface area contributed by atoms with E-state index in [1.807, 2.05) is 0 Å². The lowest BCUT2D eigenvalue weighted by Crippen LogP contribution is -2.44. The number of carboxylic acid groups (broad SMARTS) is 2. The zero-order valence-corrected chi connectivity index (χ0v) is 22.3. The van der Waals surface area contributed by atoms with Crippen LogP contribution in [0.3, 0.4) is 0 Å². The molecule has 0 bridgehead atoms. The Bertz CT molecular complexity index is 1670. The molecule has 43 heavy (non-hydrogen) atoms. The first-order valence-electron chi connectivity index (χ1n) is 11.8. The van der Waals surface area contributed by atoms with Crippen LogP contribution in [0.2, 0.25) is 0 Å². The average molecular weight is 629 g/mol. The van der Waals surface area contributed by atoms with Crippen molar-refractivity contribution in [1.82, 2.24) is 10.0 Å². The van der Waals surface area contributed by atoms with Crippen molar-refractivity contribution in [2.75, 3.05) is 6.61 Å². The zero-order valence-electron chi connectivity index (χ0n) is 21.4. The smallest absolute Gasteiger partial charge is 0.339 e. The summed E-state index contributed by atoms with van der Waals surface area (Å²) < 4.78 is 86.1. The predicted molar refractivity (Wildman–Crippen MR) is 136 cm³/mol. The Morgan fingerprint density at radius 2 is 1.49 bits per heavy atom. The van der Waals surface area contributed by atoms with Crippen LogP contribution in [0.25, 0.3) is 0 Å². The Kier molecular flexibility index (Phi) is 10.0. The molecule has 3 aromatic rings. The third kappa shape index (κ3) is 8.04.